The zero-order valence-electron chi connectivity index (χ0n) is 20.0. The predicted molar refractivity (Wildman–Crippen MR) is 130 cm³/mol. The summed E-state index contributed by atoms with van der Waals surface area (Å²) in [5.74, 6) is 1.08. The molecule has 0 aliphatic carbocycles. The Bertz CT molecular complexity index is 1260. The lowest BCUT2D eigenvalue weighted by Gasteiger charge is -2.36. The number of carbonyl (C=O) groups is 1. The summed E-state index contributed by atoms with van der Waals surface area (Å²) in [5, 5.41) is 13.0. The fraction of sp³-hybridized carbons (Fsp3) is 0.375. The number of hydrogen-bond acceptors (Lipinski definition) is 8. The Hall–Kier alpha value is -3.97. The van der Waals surface area contributed by atoms with Gasteiger partial charge in [0, 0.05) is 32.6 Å². The molecule has 1 atom stereocenters. The molecule has 3 aromatic rings. The predicted octanol–water partition coefficient (Wildman–Crippen LogP) is 2.97. The minimum Gasteiger partial charge on any atom is -0.380 e. The van der Waals surface area contributed by atoms with Gasteiger partial charge in [0.15, 0.2) is 5.82 Å². The number of anilines is 4. The van der Waals surface area contributed by atoms with E-state index >= 15 is 0 Å². The van der Waals surface area contributed by atoms with E-state index in [0.29, 0.717) is 36.0 Å². The van der Waals surface area contributed by atoms with Crippen LogP contribution in [0.3, 0.4) is 0 Å². The maximum atomic E-state index is 12.6. The van der Waals surface area contributed by atoms with Crippen molar-refractivity contribution in [3.8, 4) is 11.8 Å². The molecule has 1 amide bonds. The monoisotopic (exact) mass is 460 g/mol. The summed E-state index contributed by atoms with van der Waals surface area (Å²) in [6.07, 6.45) is 4.12. The van der Waals surface area contributed by atoms with Crippen LogP contribution in [0, 0.1) is 18.3 Å². The smallest absolute Gasteiger partial charge is 0.246 e. The number of nitriles is 1. The first-order chi connectivity index (χ1) is 16.3. The van der Waals surface area contributed by atoms with E-state index in [1.807, 2.05) is 48.6 Å². The Morgan fingerprint density at radius 1 is 1.32 bits per heavy atom. The van der Waals surface area contributed by atoms with Crippen molar-refractivity contribution in [3.05, 3.63) is 47.7 Å². The molecule has 176 valence electrons. The molecule has 1 aromatic carbocycles. The van der Waals surface area contributed by atoms with Gasteiger partial charge in [-0.25, -0.2) is 9.97 Å². The molecule has 0 bridgehead atoms. The highest BCUT2D eigenvalue weighted by Gasteiger charge is 2.32. The van der Waals surface area contributed by atoms with Gasteiger partial charge in [-0.3, -0.25) is 4.79 Å². The SMILES string of the molecule is CCc1nc(Nc2ccc(-n3cnc(C)c3)c(C#N)c2)nc2c1N(C)C(=O)CN2CC(C)OC. The number of nitrogens with one attached hydrogen (secondary N) is 1. The summed E-state index contributed by atoms with van der Waals surface area (Å²) in [7, 11) is 3.40. The van der Waals surface area contributed by atoms with Gasteiger partial charge in [-0.15, -0.1) is 0 Å². The number of imidazole rings is 1. The molecule has 1 aliphatic heterocycles. The zero-order valence-corrected chi connectivity index (χ0v) is 20.0. The van der Waals surface area contributed by atoms with Gasteiger partial charge in [-0.1, -0.05) is 6.92 Å². The molecule has 2 aromatic heterocycles. The lowest BCUT2D eigenvalue weighted by molar-refractivity contribution is -0.117. The first kappa shape index (κ1) is 23.2. The van der Waals surface area contributed by atoms with Crippen molar-refractivity contribution in [2.45, 2.75) is 33.3 Å². The number of rotatable bonds is 7. The van der Waals surface area contributed by atoms with E-state index in [-0.39, 0.29) is 18.6 Å². The number of benzene rings is 1. The molecule has 34 heavy (non-hydrogen) atoms. The van der Waals surface area contributed by atoms with E-state index < -0.39 is 0 Å². The van der Waals surface area contributed by atoms with Crippen LogP contribution in [0.1, 0.15) is 30.8 Å². The number of likely N-dealkylation sites (N-methyl/N-ethyl adjacent to an activating group) is 1. The Labute approximate surface area is 198 Å². The van der Waals surface area contributed by atoms with E-state index in [4.69, 9.17) is 9.72 Å². The standard InChI is InChI=1S/C24H28N8O2/c1-6-19-22-23(31(12-16(3)34-5)13-21(33)30(22)4)29-24(28-19)27-18-7-8-20(17(9-18)10-25)32-11-15(2)26-14-32/h7-9,11,14,16H,6,12-13H2,1-5H3,(H,27,28,29). The fourth-order valence-electron chi connectivity index (χ4n) is 3.97. The van der Waals surface area contributed by atoms with Crippen molar-refractivity contribution in [1.82, 2.24) is 19.5 Å². The number of aromatic nitrogens is 4. The quantitative estimate of drug-likeness (QED) is 0.573. The minimum absolute atomic E-state index is 0.0150. The third kappa shape index (κ3) is 4.43. The molecular weight excluding hydrogens is 432 g/mol. The van der Waals surface area contributed by atoms with Crippen molar-refractivity contribution in [2.75, 3.05) is 42.4 Å². The third-order valence-electron chi connectivity index (χ3n) is 5.85. The molecule has 1 unspecified atom stereocenters. The molecule has 0 saturated heterocycles. The van der Waals surface area contributed by atoms with Crippen LogP contribution in [0.15, 0.2) is 30.7 Å². The van der Waals surface area contributed by atoms with Crippen LogP contribution in [0.4, 0.5) is 23.1 Å². The summed E-state index contributed by atoms with van der Waals surface area (Å²) >= 11 is 0. The molecule has 4 rings (SSSR count). The second-order valence-electron chi connectivity index (χ2n) is 8.29. The lowest BCUT2D eigenvalue weighted by Crippen LogP contribution is -2.47. The average Bonchev–Trinajstić information content (AvgIpc) is 3.27. The van der Waals surface area contributed by atoms with Crippen molar-refractivity contribution in [3.63, 3.8) is 0 Å². The number of hydrogen-bond donors (Lipinski definition) is 1. The second kappa shape index (κ2) is 9.49. The molecule has 0 fully saturated rings. The van der Waals surface area contributed by atoms with E-state index in [9.17, 15) is 10.1 Å². The maximum absolute atomic E-state index is 12.6. The largest absolute Gasteiger partial charge is 0.380 e. The van der Waals surface area contributed by atoms with Crippen LogP contribution in [-0.4, -0.2) is 58.8 Å². The van der Waals surface area contributed by atoms with Gasteiger partial charge >= 0.3 is 0 Å². The van der Waals surface area contributed by atoms with Crippen molar-refractivity contribution < 1.29 is 9.53 Å². The molecule has 3 heterocycles. The number of ether oxygens (including phenoxy) is 1. The summed E-state index contributed by atoms with van der Waals surface area (Å²) in [6, 6.07) is 7.75. The summed E-state index contributed by atoms with van der Waals surface area (Å²) in [5.41, 5.74) is 4.29. The molecule has 10 nitrogen and oxygen atoms in total. The normalized spacial score (nSPS) is 14.1. The topological polar surface area (TPSA) is 112 Å². The van der Waals surface area contributed by atoms with Crippen LogP contribution < -0.4 is 15.1 Å². The summed E-state index contributed by atoms with van der Waals surface area (Å²) in [4.78, 5) is 29.9. The van der Waals surface area contributed by atoms with Gasteiger partial charge < -0.3 is 24.4 Å². The first-order valence-electron chi connectivity index (χ1n) is 11.1. The van der Waals surface area contributed by atoms with E-state index in [0.717, 1.165) is 22.8 Å². The van der Waals surface area contributed by atoms with Crippen LogP contribution in [0.2, 0.25) is 0 Å². The van der Waals surface area contributed by atoms with E-state index in [1.54, 1.807) is 31.5 Å². The highest BCUT2D eigenvalue weighted by Crippen LogP contribution is 2.35. The van der Waals surface area contributed by atoms with Crippen molar-refractivity contribution in [2.24, 2.45) is 0 Å². The molecule has 0 radical (unpaired) electrons. The number of carbonyl (C=O) groups excluding carboxylic acids is 1. The van der Waals surface area contributed by atoms with Gasteiger partial charge in [-0.2, -0.15) is 10.2 Å². The second-order valence-corrected chi connectivity index (χ2v) is 8.29. The Morgan fingerprint density at radius 3 is 2.76 bits per heavy atom. The highest BCUT2D eigenvalue weighted by atomic mass is 16.5. The van der Waals surface area contributed by atoms with Gasteiger partial charge in [0.2, 0.25) is 11.9 Å². The Morgan fingerprint density at radius 2 is 2.12 bits per heavy atom. The first-order valence-corrected chi connectivity index (χ1v) is 11.1. The lowest BCUT2D eigenvalue weighted by atomic mass is 10.1. The average molecular weight is 461 g/mol. The summed E-state index contributed by atoms with van der Waals surface area (Å²) in [6.45, 7) is 6.60. The van der Waals surface area contributed by atoms with E-state index in [2.05, 4.69) is 21.4 Å². The molecule has 1 aliphatic rings. The fourth-order valence-corrected chi connectivity index (χ4v) is 3.97. The maximum Gasteiger partial charge on any atom is 0.246 e. The number of methoxy groups -OCH3 is 1. The van der Waals surface area contributed by atoms with Gasteiger partial charge in [0.25, 0.3) is 0 Å². The van der Waals surface area contributed by atoms with Crippen LogP contribution in [0.5, 0.6) is 0 Å². The van der Waals surface area contributed by atoms with Gasteiger partial charge in [-0.05, 0) is 38.5 Å². The molecule has 0 saturated carbocycles. The van der Waals surface area contributed by atoms with Crippen LogP contribution >= 0.6 is 0 Å². The Balaban J connectivity index is 1.71. The highest BCUT2D eigenvalue weighted by molar-refractivity contribution is 6.02. The third-order valence-corrected chi connectivity index (χ3v) is 5.85. The van der Waals surface area contributed by atoms with Crippen molar-refractivity contribution >= 4 is 29.0 Å². The van der Waals surface area contributed by atoms with Crippen LogP contribution in [0.25, 0.3) is 5.69 Å². The molecule has 1 N–H and O–H groups in total. The minimum atomic E-state index is -0.0712. The summed E-state index contributed by atoms with van der Waals surface area (Å²) < 4.78 is 7.25. The number of nitrogens with zero attached hydrogens (tertiary/aromatic N) is 7. The van der Waals surface area contributed by atoms with Gasteiger partial charge in [0.05, 0.1) is 41.6 Å². The number of aryl methyl sites for hydroxylation is 2. The number of fused-ring (bicyclic) bond motifs is 1. The molecular formula is C24H28N8O2. The van der Waals surface area contributed by atoms with Crippen molar-refractivity contribution in [1.29, 1.82) is 5.26 Å². The van der Waals surface area contributed by atoms with Crippen LogP contribution in [-0.2, 0) is 16.0 Å². The van der Waals surface area contributed by atoms with Gasteiger partial charge in [0.1, 0.15) is 11.8 Å². The van der Waals surface area contributed by atoms with E-state index in [1.165, 1.54) is 0 Å². The number of amides is 1. The molecule has 10 heteroatoms. The zero-order chi connectivity index (χ0) is 24.4. The Kier molecular flexibility index (Phi) is 6.47. The molecule has 0 spiro atoms.